The van der Waals surface area contributed by atoms with Gasteiger partial charge in [0.2, 0.25) is 5.91 Å². The monoisotopic (exact) mass is 421 g/mol. The van der Waals surface area contributed by atoms with Crippen LogP contribution in [0.3, 0.4) is 0 Å². The van der Waals surface area contributed by atoms with Gasteiger partial charge in [-0.15, -0.1) is 0 Å². The van der Waals surface area contributed by atoms with Gasteiger partial charge in [-0.1, -0.05) is 12.5 Å². The van der Waals surface area contributed by atoms with Crippen LogP contribution in [-0.2, 0) is 19.6 Å². The molecule has 10 nitrogen and oxygen atoms in total. The second kappa shape index (κ2) is 9.03. The van der Waals surface area contributed by atoms with Gasteiger partial charge in [0, 0.05) is 25.1 Å². The van der Waals surface area contributed by atoms with Crippen LogP contribution in [0.5, 0.6) is 0 Å². The van der Waals surface area contributed by atoms with E-state index in [-0.39, 0.29) is 17.7 Å². The molecule has 0 saturated carbocycles. The molecular formula is C18H23N5O5S. The maximum Gasteiger partial charge on any atom is 0.322 e. The molecule has 29 heavy (non-hydrogen) atoms. The number of nitrogens with zero attached hydrogens (tertiary/aromatic N) is 1. The molecule has 4 amide bonds. The minimum atomic E-state index is -3.81. The summed E-state index contributed by atoms with van der Waals surface area (Å²) in [4.78, 5) is 39.0. The molecule has 4 N–H and O–H groups in total. The van der Waals surface area contributed by atoms with Crippen LogP contribution in [0.1, 0.15) is 38.5 Å². The largest absolute Gasteiger partial charge is 0.326 e. The van der Waals surface area contributed by atoms with Crippen LogP contribution < -0.4 is 20.7 Å². The Morgan fingerprint density at radius 1 is 1.21 bits per heavy atom. The molecule has 2 aliphatic rings. The number of hydrogen-bond donors (Lipinski definition) is 4. The van der Waals surface area contributed by atoms with Crippen molar-refractivity contribution in [1.29, 1.82) is 0 Å². The number of amides is 4. The molecular weight excluding hydrogens is 398 g/mol. The Bertz CT molecular complexity index is 944. The van der Waals surface area contributed by atoms with Crippen molar-refractivity contribution < 1.29 is 22.8 Å². The summed E-state index contributed by atoms with van der Waals surface area (Å²) in [5.74, 6) is -0.410. The van der Waals surface area contributed by atoms with Gasteiger partial charge in [0.05, 0.1) is 4.90 Å². The smallest absolute Gasteiger partial charge is 0.322 e. The molecule has 0 spiro atoms. The third kappa shape index (κ3) is 5.76. The summed E-state index contributed by atoms with van der Waals surface area (Å²) in [5.41, 5.74) is 0.320. The highest BCUT2D eigenvalue weighted by molar-refractivity contribution is 7.90. The van der Waals surface area contributed by atoms with Crippen LogP contribution >= 0.6 is 0 Å². The van der Waals surface area contributed by atoms with Crippen molar-refractivity contribution in [2.45, 2.75) is 49.5 Å². The zero-order valence-electron chi connectivity index (χ0n) is 15.7. The molecule has 1 aromatic rings. The number of imide groups is 1. The van der Waals surface area contributed by atoms with Crippen molar-refractivity contribution in [3.8, 4) is 0 Å². The molecule has 1 unspecified atom stereocenters. The molecule has 156 valence electrons. The molecule has 11 heteroatoms. The van der Waals surface area contributed by atoms with E-state index in [1.54, 1.807) is 6.07 Å². The molecule has 0 radical (unpaired) electrons. The fourth-order valence-electron chi connectivity index (χ4n) is 3.07. The maximum absolute atomic E-state index is 12.6. The van der Waals surface area contributed by atoms with Gasteiger partial charge in [-0.2, -0.15) is 0 Å². The highest BCUT2D eigenvalue weighted by Gasteiger charge is 2.29. The summed E-state index contributed by atoms with van der Waals surface area (Å²) in [5, 5.41) is 7.13. The van der Waals surface area contributed by atoms with Crippen LogP contribution in [0, 0.1) is 0 Å². The van der Waals surface area contributed by atoms with E-state index in [0.717, 1.165) is 19.3 Å². The molecule has 1 atom stereocenters. The van der Waals surface area contributed by atoms with E-state index in [1.807, 2.05) is 0 Å². The first-order valence-corrected chi connectivity index (χ1v) is 10.9. The van der Waals surface area contributed by atoms with Crippen molar-refractivity contribution in [3.05, 3.63) is 24.3 Å². The summed E-state index contributed by atoms with van der Waals surface area (Å²) < 4.78 is 27.8. The number of anilines is 1. The van der Waals surface area contributed by atoms with Crippen molar-refractivity contribution in [3.63, 3.8) is 0 Å². The predicted molar refractivity (Wildman–Crippen MR) is 106 cm³/mol. The van der Waals surface area contributed by atoms with E-state index in [9.17, 15) is 22.8 Å². The molecule has 0 aromatic heterocycles. The SMILES string of the molecule is O=C(CCC1NC(=O)NC1=O)Nc1cccc(S(=O)(=O)NC2=NCCCCC2)c1. The number of rotatable bonds is 6. The first-order valence-electron chi connectivity index (χ1n) is 9.41. The third-order valence-corrected chi connectivity index (χ3v) is 5.95. The average molecular weight is 421 g/mol. The number of carbonyl (C=O) groups is 3. The van der Waals surface area contributed by atoms with Gasteiger partial charge in [0.1, 0.15) is 11.9 Å². The normalized spacial score (nSPS) is 19.6. The number of nitrogens with one attached hydrogen (secondary N) is 4. The Labute approximate surface area is 168 Å². The lowest BCUT2D eigenvalue weighted by atomic mass is 10.1. The summed E-state index contributed by atoms with van der Waals surface area (Å²) in [6.07, 6.45) is 3.56. The molecule has 1 aromatic carbocycles. The van der Waals surface area contributed by atoms with Crippen molar-refractivity contribution in [2.24, 2.45) is 4.99 Å². The second-order valence-corrected chi connectivity index (χ2v) is 8.56. The Balaban J connectivity index is 1.59. The molecule has 3 rings (SSSR count). The quantitative estimate of drug-likeness (QED) is 0.503. The summed E-state index contributed by atoms with van der Waals surface area (Å²) >= 11 is 0. The summed E-state index contributed by atoms with van der Waals surface area (Å²) in [7, 11) is -3.81. The van der Waals surface area contributed by atoms with Crippen LogP contribution in [0.2, 0.25) is 0 Å². The standard InChI is InChI=1S/C18H23N5O5S/c24-16(9-8-14-17(25)22-18(26)21-14)20-12-5-4-6-13(11-12)29(27,28)23-15-7-2-1-3-10-19-15/h4-6,11,14H,1-3,7-10H2,(H,19,23)(H,20,24)(H2,21,22,25,26). The topological polar surface area (TPSA) is 146 Å². The number of aliphatic imine (C=N–C) groups is 1. The van der Waals surface area contributed by atoms with E-state index >= 15 is 0 Å². The zero-order chi connectivity index (χ0) is 20.9. The van der Waals surface area contributed by atoms with Gasteiger partial charge in [0.15, 0.2) is 0 Å². The van der Waals surface area contributed by atoms with Crippen LogP contribution in [-0.4, -0.2) is 44.7 Å². The molecule has 1 fully saturated rings. The number of hydrogen-bond acceptors (Lipinski definition) is 6. The van der Waals surface area contributed by atoms with Crippen molar-refractivity contribution >= 4 is 39.4 Å². The maximum atomic E-state index is 12.6. The lowest BCUT2D eigenvalue weighted by Gasteiger charge is -2.12. The van der Waals surface area contributed by atoms with Crippen molar-refractivity contribution in [2.75, 3.05) is 11.9 Å². The lowest BCUT2D eigenvalue weighted by molar-refractivity contribution is -0.120. The molecule has 0 aliphatic carbocycles. The minimum Gasteiger partial charge on any atom is -0.326 e. The third-order valence-electron chi connectivity index (χ3n) is 4.57. The first kappa shape index (κ1) is 20.8. The highest BCUT2D eigenvalue weighted by Crippen LogP contribution is 2.17. The summed E-state index contributed by atoms with van der Waals surface area (Å²) in [6, 6.07) is 4.58. The fourth-order valence-corrected chi connectivity index (χ4v) is 4.21. The van der Waals surface area contributed by atoms with Gasteiger partial charge in [-0.3, -0.25) is 24.6 Å². The molecule has 1 saturated heterocycles. The average Bonchev–Trinajstić information content (AvgIpc) is 2.84. The van der Waals surface area contributed by atoms with Crippen LogP contribution in [0.4, 0.5) is 10.5 Å². The van der Waals surface area contributed by atoms with Gasteiger partial charge in [0.25, 0.3) is 15.9 Å². The number of sulfonamides is 1. The van der Waals surface area contributed by atoms with Crippen LogP contribution in [0.25, 0.3) is 0 Å². The minimum absolute atomic E-state index is 0.00952. The van der Waals surface area contributed by atoms with Crippen LogP contribution in [0.15, 0.2) is 34.2 Å². The highest BCUT2D eigenvalue weighted by atomic mass is 32.2. The molecule has 2 aliphatic heterocycles. The van der Waals surface area contributed by atoms with Gasteiger partial charge in [-0.25, -0.2) is 13.2 Å². The van der Waals surface area contributed by atoms with E-state index in [1.165, 1.54) is 18.2 Å². The number of carbonyl (C=O) groups excluding carboxylic acids is 3. The Morgan fingerprint density at radius 3 is 2.79 bits per heavy atom. The van der Waals surface area contributed by atoms with Gasteiger partial charge >= 0.3 is 6.03 Å². The van der Waals surface area contributed by atoms with E-state index in [0.29, 0.717) is 24.5 Å². The van der Waals surface area contributed by atoms with E-state index in [4.69, 9.17) is 0 Å². The van der Waals surface area contributed by atoms with E-state index in [2.05, 4.69) is 25.7 Å². The van der Waals surface area contributed by atoms with Gasteiger partial charge in [-0.05, 0) is 37.5 Å². The number of amidine groups is 1. The predicted octanol–water partition coefficient (Wildman–Crippen LogP) is 0.864. The lowest BCUT2D eigenvalue weighted by Crippen LogP contribution is -2.31. The molecule has 2 heterocycles. The van der Waals surface area contributed by atoms with E-state index < -0.39 is 33.9 Å². The Hall–Kier alpha value is -2.95. The second-order valence-electron chi connectivity index (χ2n) is 6.87. The number of urea groups is 1. The van der Waals surface area contributed by atoms with Gasteiger partial charge < -0.3 is 10.6 Å². The molecule has 0 bridgehead atoms. The zero-order valence-corrected chi connectivity index (χ0v) is 16.5. The summed E-state index contributed by atoms with van der Waals surface area (Å²) in [6.45, 7) is 0.605. The Morgan fingerprint density at radius 2 is 2.03 bits per heavy atom. The first-order chi connectivity index (χ1) is 13.8. The fraction of sp³-hybridized carbons (Fsp3) is 0.444. The van der Waals surface area contributed by atoms with Crippen molar-refractivity contribution in [1.82, 2.24) is 15.4 Å². The Kier molecular flexibility index (Phi) is 6.47. The number of benzene rings is 1.